The number of rotatable bonds is 4. The number of H-pyrrole nitrogens is 1. The fourth-order valence-electron chi connectivity index (χ4n) is 5.31. The van der Waals surface area contributed by atoms with E-state index in [1.165, 1.54) is 46.2 Å². The minimum Gasteiger partial charge on any atom is -0.354 e. The monoisotopic (exact) mass is 428 g/mol. The number of aryl methyl sites for hydroxylation is 2. The SMILES string of the molecule is Cc1cccc(C)c1C1CCN(Cc2c(-c3ccccc3)[nH]c3ccc(Cl)cc23)CC1. The lowest BCUT2D eigenvalue weighted by Gasteiger charge is -2.33. The second-order valence-electron chi connectivity index (χ2n) is 8.89. The van der Waals surface area contributed by atoms with Crippen molar-refractivity contribution in [1.82, 2.24) is 9.88 Å². The zero-order valence-electron chi connectivity index (χ0n) is 18.3. The van der Waals surface area contributed by atoms with Crippen LogP contribution in [0, 0.1) is 13.8 Å². The molecule has 4 aromatic rings. The summed E-state index contributed by atoms with van der Waals surface area (Å²) < 4.78 is 0. The summed E-state index contributed by atoms with van der Waals surface area (Å²) in [5, 5.41) is 2.03. The molecule has 0 amide bonds. The maximum absolute atomic E-state index is 6.38. The Labute approximate surface area is 189 Å². The van der Waals surface area contributed by atoms with Gasteiger partial charge < -0.3 is 4.98 Å². The molecule has 2 nitrogen and oxygen atoms in total. The third-order valence-corrected chi connectivity index (χ3v) is 7.09. The summed E-state index contributed by atoms with van der Waals surface area (Å²) in [5.41, 5.74) is 9.42. The number of nitrogens with one attached hydrogen (secondary N) is 1. The zero-order valence-corrected chi connectivity index (χ0v) is 19.0. The van der Waals surface area contributed by atoms with Crippen LogP contribution < -0.4 is 0 Å². The van der Waals surface area contributed by atoms with Gasteiger partial charge in [-0.1, -0.05) is 60.1 Å². The Kier molecular flexibility index (Phi) is 5.60. The van der Waals surface area contributed by atoms with Gasteiger partial charge in [0.05, 0.1) is 5.69 Å². The van der Waals surface area contributed by atoms with Crippen molar-refractivity contribution in [3.05, 3.63) is 94.0 Å². The van der Waals surface area contributed by atoms with Crippen LogP contribution >= 0.6 is 11.6 Å². The largest absolute Gasteiger partial charge is 0.354 e. The molecule has 1 fully saturated rings. The van der Waals surface area contributed by atoms with E-state index >= 15 is 0 Å². The summed E-state index contributed by atoms with van der Waals surface area (Å²) in [6.07, 6.45) is 2.44. The molecule has 5 rings (SSSR count). The standard InChI is InChI=1S/C28H29ClN2/c1-19-7-6-8-20(2)27(19)21-13-15-31(16-14-21)18-25-24-17-23(29)11-12-26(24)30-28(25)22-9-4-3-5-10-22/h3-12,17,21,30H,13-16,18H2,1-2H3. The van der Waals surface area contributed by atoms with Crippen molar-refractivity contribution in [3.8, 4) is 11.3 Å². The van der Waals surface area contributed by atoms with Gasteiger partial charge in [-0.2, -0.15) is 0 Å². The van der Waals surface area contributed by atoms with Crippen LogP contribution in [0.15, 0.2) is 66.7 Å². The van der Waals surface area contributed by atoms with Crippen molar-refractivity contribution in [3.63, 3.8) is 0 Å². The maximum atomic E-state index is 6.38. The van der Waals surface area contributed by atoms with Gasteiger partial charge in [0.2, 0.25) is 0 Å². The molecule has 0 spiro atoms. The van der Waals surface area contributed by atoms with Gasteiger partial charge in [0.15, 0.2) is 0 Å². The van der Waals surface area contributed by atoms with E-state index in [1.807, 2.05) is 6.07 Å². The number of likely N-dealkylation sites (tertiary alicyclic amines) is 1. The average Bonchev–Trinajstić information content (AvgIpc) is 3.13. The summed E-state index contributed by atoms with van der Waals surface area (Å²) in [6, 6.07) is 23.5. The molecule has 1 saturated heterocycles. The molecule has 1 N–H and O–H groups in total. The number of nitrogens with zero attached hydrogens (tertiary/aromatic N) is 1. The van der Waals surface area contributed by atoms with Gasteiger partial charge in [0.1, 0.15) is 0 Å². The normalized spacial score (nSPS) is 15.6. The van der Waals surface area contributed by atoms with Gasteiger partial charge in [-0.15, -0.1) is 0 Å². The van der Waals surface area contributed by atoms with Crippen LogP contribution in [0.4, 0.5) is 0 Å². The highest BCUT2D eigenvalue weighted by Crippen LogP contribution is 2.36. The van der Waals surface area contributed by atoms with Gasteiger partial charge in [-0.05, 0) is 91.7 Å². The molecule has 0 unspecified atom stereocenters. The van der Waals surface area contributed by atoms with Crippen molar-refractivity contribution >= 4 is 22.5 Å². The van der Waals surface area contributed by atoms with Gasteiger partial charge in [0.25, 0.3) is 0 Å². The van der Waals surface area contributed by atoms with E-state index in [-0.39, 0.29) is 0 Å². The molecule has 0 saturated carbocycles. The summed E-state index contributed by atoms with van der Waals surface area (Å²) in [7, 11) is 0. The molecule has 0 atom stereocenters. The Morgan fingerprint density at radius 3 is 2.32 bits per heavy atom. The third-order valence-electron chi connectivity index (χ3n) is 6.85. The summed E-state index contributed by atoms with van der Waals surface area (Å²) >= 11 is 6.38. The predicted octanol–water partition coefficient (Wildman–Crippen LogP) is 7.48. The number of aromatic nitrogens is 1. The van der Waals surface area contributed by atoms with Gasteiger partial charge in [0, 0.05) is 22.5 Å². The highest BCUT2D eigenvalue weighted by molar-refractivity contribution is 6.31. The first-order chi connectivity index (χ1) is 15.1. The Balaban J connectivity index is 1.42. The Morgan fingerprint density at radius 2 is 1.61 bits per heavy atom. The van der Waals surface area contributed by atoms with Crippen LogP contribution in [0.25, 0.3) is 22.2 Å². The molecule has 1 aliphatic heterocycles. The number of halogens is 1. The quantitative estimate of drug-likeness (QED) is 0.356. The third kappa shape index (κ3) is 4.03. The van der Waals surface area contributed by atoms with E-state index in [2.05, 4.69) is 84.4 Å². The minimum atomic E-state index is 0.670. The number of hydrogen-bond donors (Lipinski definition) is 1. The smallest absolute Gasteiger partial charge is 0.0510 e. The molecular formula is C28H29ClN2. The van der Waals surface area contributed by atoms with Crippen LogP contribution in [-0.4, -0.2) is 23.0 Å². The lowest BCUT2D eigenvalue weighted by molar-refractivity contribution is 0.205. The molecule has 31 heavy (non-hydrogen) atoms. The Bertz CT molecular complexity index is 1180. The lowest BCUT2D eigenvalue weighted by atomic mass is 9.84. The zero-order chi connectivity index (χ0) is 21.4. The van der Waals surface area contributed by atoms with Crippen LogP contribution in [0.3, 0.4) is 0 Å². The Morgan fingerprint density at radius 1 is 0.903 bits per heavy atom. The molecule has 0 bridgehead atoms. The second kappa shape index (κ2) is 8.53. The fourth-order valence-corrected chi connectivity index (χ4v) is 5.48. The molecular weight excluding hydrogens is 400 g/mol. The highest BCUT2D eigenvalue weighted by atomic mass is 35.5. The van der Waals surface area contributed by atoms with Crippen LogP contribution in [-0.2, 0) is 6.54 Å². The van der Waals surface area contributed by atoms with Crippen molar-refractivity contribution in [1.29, 1.82) is 0 Å². The molecule has 3 aromatic carbocycles. The predicted molar refractivity (Wildman–Crippen MR) is 132 cm³/mol. The van der Waals surface area contributed by atoms with Crippen molar-refractivity contribution in [2.45, 2.75) is 39.2 Å². The van der Waals surface area contributed by atoms with Crippen molar-refractivity contribution in [2.75, 3.05) is 13.1 Å². The van der Waals surface area contributed by atoms with E-state index in [4.69, 9.17) is 11.6 Å². The summed E-state index contributed by atoms with van der Waals surface area (Å²) in [4.78, 5) is 6.27. The first kappa shape index (κ1) is 20.4. The average molecular weight is 429 g/mol. The van der Waals surface area contributed by atoms with Crippen LogP contribution in [0.1, 0.15) is 41.0 Å². The van der Waals surface area contributed by atoms with Gasteiger partial charge in [-0.25, -0.2) is 0 Å². The number of piperidine rings is 1. The number of aromatic amines is 1. The first-order valence-corrected chi connectivity index (χ1v) is 11.6. The topological polar surface area (TPSA) is 19.0 Å². The number of fused-ring (bicyclic) bond motifs is 1. The molecule has 2 heterocycles. The highest BCUT2D eigenvalue weighted by Gasteiger charge is 2.24. The first-order valence-electron chi connectivity index (χ1n) is 11.2. The van der Waals surface area contributed by atoms with E-state index in [0.717, 1.165) is 30.2 Å². The van der Waals surface area contributed by atoms with Crippen LogP contribution in [0.2, 0.25) is 5.02 Å². The van der Waals surface area contributed by atoms with Crippen molar-refractivity contribution < 1.29 is 0 Å². The lowest BCUT2D eigenvalue weighted by Crippen LogP contribution is -2.33. The minimum absolute atomic E-state index is 0.670. The van der Waals surface area contributed by atoms with E-state index in [9.17, 15) is 0 Å². The van der Waals surface area contributed by atoms with Crippen LogP contribution in [0.5, 0.6) is 0 Å². The van der Waals surface area contributed by atoms with E-state index < -0.39 is 0 Å². The molecule has 1 aromatic heterocycles. The summed E-state index contributed by atoms with van der Waals surface area (Å²) in [5.74, 6) is 0.670. The van der Waals surface area contributed by atoms with Crippen molar-refractivity contribution in [2.24, 2.45) is 0 Å². The van der Waals surface area contributed by atoms with E-state index in [1.54, 1.807) is 5.56 Å². The number of hydrogen-bond acceptors (Lipinski definition) is 1. The van der Waals surface area contributed by atoms with Gasteiger partial charge >= 0.3 is 0 Å². The second-order valence-corrected chi connectivity index (χ2v) is 9.33. The molecule has 0 aliphatic carbocycles. The number of benzene rings is 3. The summed E-state index contributed by atoms with van der Waals surface area (Å²) in [6.45, 7) is 7.72. The Hall–Kier alpha value is -2.55. The maximum Gasteiger partial charge on any atom is 0.0510 e. The molecule has 1 aliphatic rings. The van der Waals surface area contributed by atoms with Gasteiger partial charge in [-0.3, -0.25) is 4.90 Å². The molecule has 158 valence electrons. The molecule has 0 radical (unpaired) electrons. The van der Waals surface area contributed by atoms with E-state index in [0.29, 0.717) is 5.92 Å². The molecule has 3 heteroatoms. The fraction of sp³-hybridized carbons (Fsp3) is 0.286.